The summed E-state index contributed by atoms with van der Waals surface area (Å²) >= 11 is 5.24. The Kier molecular flexibility index (Phi) is 12.0. The lowest BCUT2D eigenvalue weighted by Crippen LogP contribution is -2.35. The van der Waals surface area contributed by atoms with Gasteiger partial charge in [-0.2, -0.15) is 52.7 Å². The zero-order valence-electron chi connectivity index (χ0n) is 27.9. The summed E-state index contributed by atoms with van der Waals surface area (Å²) in [6.07, 6.45) is -19.9. The van der Waals surface area contributed by atoms with Gasteiger partial charge < -0.3 is 11.1 Å². The van der Waals surface area contributed by atoms with Crippen LogP contribution in [0.1, 0.15) is 61.1 Å². The van der Waals surface area contributed by atoms with Crippen molar-refractivity contribution >= 4 is 34.1 Å². The van der Waals surface area contributed by atoms with Crippen LogP contribution in [0, 0.1) is 0 Å². The zero-order valence-corrected chi connectivity index (χ0v) is 28.6. The Hall–Kier alpha value is -4.73. The van der Waals surface area contributed by atoms with Gasteiger partial charge in [0.2, 0.25) is 11.1 Å². The maximum absolute atomic E-state index is 13.3. The number of nitrogens with one attached hydrogen (secondary N) is 1. The van der Waals surface area contributed by atoms with E-state index in [0.29, 0.717) is 46.8 Å². The van der Waals surface area contributed by atoms with E-state index in [9.17, 15) is 62.3 Å². The van der Waals surface area contributed by atoms with Gasteiger partial charge in [-0.15, -0.1) is 0 Å². The summed E-state index contributed by atoms with van der Waals surface area (Å²) in [6, 6.07) is 15.6. The maximum atomic E-state index is 13.3. The van der Waals surface area contributed by atoms with Crippen LogP contribution in [0.15, 0.2) is 84.9 Å². The van der Waals surface area contributed by atoms with Crippen LogP contribution >= 0.6 is 11.6 Å². The Morgan fingerprint density at radius 2 is 0.830 bits per heavy atom. The Labute approximate surface area is 299 Å². The van der Waals surface area contributed by atoms with Gasteiger partial charge in [0.15, 0.2) is 0 Å². The molecule has 0 heterocycles. The van der Waals surface area contributed by atoms with E-state index < -0.39 is 80.1 Å². The van der Waals surface area contributed by atoms with E-state index in [0.717, 1.165) is 13.8 Å². The van der Waals surface area contributed by atoms with Crippen molar-refractivity contribution in [1.29, 1.82) is 0 Å². The molecule has 4 nitrogen and oxygen atoms in total. The summed E-state index contributed by atoms with van der Waals surface area (Å²) in [5, 5.41) is 1.58. The quantitative estimate of drug-likeness (QED) is 0.116. The van der Waals surface area contributed by atoms with Gasteiger partial charge in [-0.25, -0.2) is 0 Å². The molecule has 0 atom stereocenters. The number of carbonyl (C=O) groups excluding carboxylic acids is 2. The number of carbonyl (C=O) groups is 2. The summed E-state index contributed by atoms with van der Waals surface area (Å²) in [4.78, 5) is 24.3. The van der Waals surface area contributed by atoms with Crippen molar-refractivity contribution in [3.05, 3.63) is 118 Å². The molecule has 4 rings (SSSR count). The molecule has 1 amide bonds. The second-order valence-electron chi connectivity index (χ2n) is 12.7. The van der Waals surface area contributed by atoms with Gasteiger partial charge in [0.1, 0.15) is 0 Å². The number of anilines is 2. The van der Waals surface area contributed by atoms with Gasteiger partial charge in [-0.1, -0.05) is 36.4 Å². The average Bonchev–Trinajstić information content (AvgIpc) is 3.03. The predicted molar refractivity (Wildman–Crippen MR) is 175 cm³/mol. The number of hydrogen-bond donors (Lipinski definition) is 2. The minimum absolute atomic E-state index is 0.00170. The van der Waals surface area contributed by atoms with Gasteiger partial charge >= 0.3 is 24.7 Å². The molecule has 0 saturated carbocycles. The first kappa shape index (κ1) is 42.7. The molecule has 4 aromatic rings. The number of hydrogen-bond acceptors (Lipinski definition) is 3. The lowest BCUT2D eigenvalue weighted by atomic mass is 9.81. The molecular formula is C36H29ClF12N2O2. The van der Waals surface area contributed by atoms with Gasteiger partial charge in [0.25, 0.3) is 0 Å². The van der Waals surface area contributed by atoms with E-state index in [1.165, 1.54) is 13.8 Å². The molecule has 17 heteroatoms. The van der Waals surface area contributed by atoms with Crippen LogP contribution in [-0.4, -0.2) is 11.1 Å². The third-order valence-electron chi connectivity index (χ3n) is 8.10. The average molecular weight is 785 g/mol. The van der Waals surface area contributed by atoms with Gasteiger partial charge in [0.05, 0.1) is 33.1 Å². The number of alkyl halides is 12. The van der Waals surface area contributed by atoms with Crippen molar-refractivity contribution in [3.63, 3.8) is 0 Å². The standard InChI is InChI=1S/C24H20F6N2O.C12H9ClF6O/c1-22(2,14-11-15(23(25,26)27)13-16(12-14)24(28,29)30)21(33)32-20-10-6-4-8-18(20)17-7-3-5-9-19(17)31;1-10(2,9(13)20)6-3-7(11(14,15)16)5-8(4-6)12(17,18)19/h3-13H,31H2,1-2H3,(H,32,33);3-5H,1-2H3. The Morgan fingerprint density at radius 1 is 0.509 bits per heavy atom. The lowest BCUT2D eigenvalue weighted by Gasteiger charge is -2.27. The highest BCUT2D eigenvalue weighted by atomic mass is 35.5. The molecule has 4 aromatic carbocycles. The predicted octanol–water partition coefficient (Wildman–Crippen LogP) is 11.7. The minimum atomic E-state index is -5.01. The number of benzene rings is 4. The molecule has 0 radical (unpaired) electrons. The normalized spacial score (nSPS) is 12.8. The van der Waals surface area contributed by atoms with Crippen molar-refractivity contribution < 1.29 is 62.3 Å². The van der Waals surface area contributed by atoms with Crippen LogP contribution in [0.3, 0.4) is 0 Å². The third kappa shape index (κ3) is 10.2. The second kappa shape index (κ2) is 15.0. The first-order chi connectivity index (χ1) is 24.0. The van der Waals surface area contributed by atoms with Crippen molar-refractivity contribution in [2.45, 2.75) is 63.2 Å². The summed E-state index contributed by atoms with van der Waals surface area (Å²) in [5.41, 5.74) is -2.23. The number of amides is 1. The van der Waals surface area contributed by atoms with Gasteiger partial charge in [-0.3, -0.25) is 9.59 Å². The van der Waals surface area contributed by atoms with Crippen LogP contribution in [-0.2, 0) is 45.1 Å². The largest absolute Gasteiger partial charge is 0.416 e. The fourth-order valence-corrected chi connectivity index (χ4v) is 4.83. The lowest BCUT2D eigenvalue weighted by molar-refractivity contribution is -0.144. The molecule has 3 N–H and O–H groups in total. The zero-order chi connectivity index (χ0) is 40.5. The number of nitrogens with two attached hydrogens (primary N) is 1. The van der Waals surface area contributed by atoms with Crippen LogP contribution in [0.25, 0.3) is 11.1 Å². The van der Waals surface area contributed by atoms with Crippen LogP contribution < -0.4 is 11.1 Å². The Morgan fingerprint density at radius 3 is 1.19 bits per heavy atom. The molecule has 0 aliphatic heterocycles. The van der Waals surface area contributed by atoms with E-state index >= 15 is 0 Å². The number of para-hydroxylation sites is 2. The molecule has 53 heavy (non-hydrogen) atoms. The molecule has 0 bridgehead atoms. The highest BCUT2D eigenvalue weighted by Gasteiger charge is 2.41. The monoisotopic (exact) mass is 784 g/mol. The molecule has 0 spiro atoms. The number of nitrogen functional groups attached to an aromatic ring is 1. The van der Waals surface area contributed by atoms with E-state index in [4.69, 9.17) is 17.3 Å². The molecule has 0 unspecified atom stereocenters. The number of rotatable bonds is 6. The summed E-state index contributed by atoms with van der Waals surface area (Å²) in [7, 11) is 0. The third-order valence-corrected chi connectivity index (χ3v) is 8.58. The number of halogens is 13. The van der Waals surface area contributed by atoms with Gasteiger partial charge in [-0.05, 0) is 99.0 Å². The van der Waals surface area contributed by atoms with Crippen molar-refractivity contribution in [2.75, 3.05) is 11.1 Å². The SMILES string of the molecule is CC(C)(C(=O)Cl)c1cc(C(F)(F)F)cc(C(F)(F)F)c1.CC(C)(C(=O)Nc1ccccc1-c1ccccc1N)c1cc(C(F)(F)F)cc(C(F)(F)F)c1. The summed E-state index contributed by atoms with van der Waals surface area (Å²) in [5.74, 6) is -0.781. The van der Waals surface area contributed by atoms with E-state index in [1.54, 1.807) is 48.5 Å². The summed E-state index contributed by atoms with van der Waals surface area (Å²) < 4.78 is 155. The molecular weight excluding hydrogens is 756 g/mol. The summed E-state index contributed by atoms with van der Waals surface area (Å²) in [6.45, 7) is 4.82. The van der Waals surface area contributed by atoms with Gasteiger partial charge in [0, 0.05) is 22.5 Å². The first-order valence-corrected chi connectivity index (χ1v) is 15.4. The van der Waals surface area contributed by atoms with Crippen molar-refractivity contribution in [3.8, 4) is 11.1 Å². The molecule has 0 aliphatic rings. The fraction of sp³-hybridized carbons (Fsp3) is 0.278. The van der Waals surface area contributed by atoms with E-state index in [2.05, 4.69) is 5.32 Å². The molecule has 286 valence electrons. The first-order valence-electron chi connectivity index (χ1n) is 15.0. The fourth-order valence-electron chi connectivity index (χ4n) is 4.72. The van der Waals surface area contributed by atoms with E-state index in [1.807, 2.05) is 0 Å². The maximum Gasteiger partial charge on any atom is 0.416 e. The highest BCUT2D eigenvalue weighted by Crippen LogP contribution is 2.41. The molecule has 0 aliphatic carbocycles. The van der Waals surface area contributed by atoms with Crippen molar-refractivity contribution in [1.82, 2.24) is 0 Å². The van der Waals surface area contributed by atoms with Crippen LogP contribution in [0.5, 0.6) is 0 Å². The van der Waals surface area contributed by atoms with Crippen molar-refractivity contribution in [2.24, 2.45) is 0 Å². The van der Waals surface area contributed by atoms with Crippen LogP contribution in [0.4, 0.5) is 64.1 Å². The topological polar surface area (TPSA) is 72.2 Å². The second-order valence-corrected chi connectivity index (χ2v) is 13.0. The molecule has 0 fully saturated rings. The Bertz CT molecular complexity index is 1910. The molecule has 0 aromatic heterocycles. The molecule has 0 saturated heterocycles. The van der Waals surface area contributed by atoms with Crippen LogP contribution in [0.2, 0.25) is 0 Å². The minimum Gasteiger partial charge on any atom is -0.398 e. The van der Waals surface area contributed by atoms with E-state index in [-0.39, 0.29) is 12.1 Å². The smallest absolute Gasteiger partial charge is 0.398 e. The Balaban J connectivity index is 0.000000324. The highest BCUT2D eigenvalue weighted by molar-refractivity contribution is 6.65.